The second-order valence-electron chi connectivity index (χ2n) is 3.27. The lowest BCUT2D eigenvalue weighted by molar-refractivity contribution is -0.118. The van der Waals surface area contributed by atoms with Crippen LogP contribution in [0.3, 0.4) is 0 Å². The van der Waals surface area contributed by atoms with Gasteiger partial charge >= 0.3 is 0 Å². The lowest BCUT2D eigenvalue weighted by atomic mass is 10.00. The Hall–Kier alpha value is -1.36. The van der Waals surface area contributed by atoms with Crippen molar-refractivity contribution in [3.8, 4) is 0 Å². The number of carbonyl (C=O) groups is 1. The Morgan fingerprint density at radius 1 is 1.77 bits per heavy atom. The van der Waals surface area contributed by atoms with Gasteiger partial charge in [0.25, 0.3) is 0 Å². The molecule has 1 fully saturated rings. The molecule has 0 unspecified atom stereocenters. The van der Waals surface area contributed by atoms with Gasteiger partial charge in [0.05, 0.1) is 6.33 Å². The van der Waals surface area contributed by atoms with Crippen LogP contribution in [-0.4, -0.2) is 28.5 Å². The van der Waals surface area contributed by atoms with Crippen LogP contribution in [0.25, 0.3) is 0 Å². The highest BCUT2D eigenvalue weighted by molar-refractivity contribution is 5.73. The molecule has 0 aliphatic carbocycles. The van der Waals surface area contributed by atoms with Gasteiger partial charge in [-0.2, -0.15) is 0 Å². The minimum absolute atomic E-state index is 0.228. The van der Waals surface area contributed by atoms with E-state index in [-0.39, 0.29) is 12.5 Å². The summed E-state index contributed by atoms with van der Waals surface area (Å²) in [7, 11) is 0. The predicted octanol–water partition coefficient (Wildman–Crippen LogP) is -0.945. The standard InChI is InChI=1S/C8H12N4O/c9-8(13)4-12-5-11-3-7(12)6-1-10-2-6/h3,5-6,10H,1-2,4H2,(H2,9,13). The number of nitrogens with zero attached hydrogens (tertiary/aromatic N) is 2. The first-order valence-corrected chi connectivity index (χ1v) is 4.26. The summed E-state index contributed by atoms with van der Waals surface area (Å²) in [6.07, 6.45) is 3.45. The number of nitrogens with one attached hydrogen (secondary N) is 1. The molecule has 1 aromatic heterocycles. The smallest absolute Gasteiger partial charge is 0.237 e. The molecule has 2 rings (SSSR count). The van der Waals surface area contributed by atoms with Gasteiger partial charge in [-0.3, -0.25) is 4.79 Å². The zero-order valence-corrected chi connectivity index (χ0v) is 7.23. The Bertz CT molecular complexity index is 316. The molecule has 0 atom stereocenters. The van der Waals surface area contributed by atoms with Gasteiger partial charge in [0.15, 0.2) is 0 Å². The molecular weight excluding hydrogens is 168 g/mol. The molecular formula is C8H12N4O. The first-order valence-electron chi connectivity index (χ1n) is 4.26. The minimum Gasteiger partial charge on any atom is -0.368 e. The van der Waals surface area contributed by atoms with Crippen molar-refractivity contribution in [2.45, 2.75) is 12.5 Å². The first kappa shape index (κ1) is 8.25. The summed E-state index contributed by atoms with van der Waals surface area (Å²) >= 11 is 0. The molecule has 13 heavy (non-hydrogen) atoms. The van der Waals surface area contributed by atoms with Crippen molar-refractivity contribution in [2.75, 3.05) is 13.1 Å². The number of rotatable bonds is 3. The zero-order valence-electron chi connectivity index (χ0n) is 7.23. The molecule has 0 bridgehead atoms. The first-order chi connectivity index (χ1) is 6.27. The van der Waals surface area contributed by atoms with Gasteiger partial charge in [-0.1, -0.05) is 0 Å². The number of hydrogen-bond donors (Lipinski definition) is 2. The Morgan fingerprint density at radius 3 is 3.08 bits per heavy atom. The molecule has 0 aromatic carbocycles. The fourth-order valence-corrected chi connectivity index (χ4v) is 1.47. The van der Waals surface area contributed by atoms with Crippen LogP contribution in [-0.2, 0) is 11.3 Å². The molecule has 1 aliphatic rings. The maximum Gasteiger partial charge on any atom is 0.237 e. The summed E-state index contributed by atoms with van der Waals surface area (Å²) in [6.45, 7) is 2.15. The van der Waals surface area contributed by atoms with E-state index in [9.17, 15) is 4.79 Å². The Labute approximate surface area is 75.9 Å². The highest BCUT2D eigenvalue weighted by Crippen LogP contribution is 2.18. The van der Waals surface area contributed by atoms with Crippen LogP contribution in [0.5, 0.6) is 0 Å². The van der Waals surface area contributed by atoms with Crippen molar-refractivity contribution in [2.24, 2.45) is 5.73 Å². The van der Waals surface area contributed by atoms with Crippen LogP contribution in [0, 0.1) is 0 Å². The number of nitrogens with two attached hydrogens (primary N) is 1. The Balaban J connectivity index is 2.14. The molecule has 70 valence electrons. The summed E-state index contributed by atoms with van der Waals surface area (Å²) in [6, 6.07) is 0. The van der Waals surface area contributed by atoms with E-state index in [0.29, 0.717) is 5.92 Å². The average molecular weight is 180 g/mol. The van der Waals surface area contributed by atoms with Gasteiger partial charge in [0.1, 0.15) is 6.54 Å². The Morgan fingerprint density at radius 2 is 2.54 bits per heavy atom. The predicted molar refractivity (Wildman–Crippen MR) is 47.0 cm³/mol. The van der Waals surface area contributed by atoms with E-state index >= 15 is 0 Å². The maximum absolute atomic E-state index is 10.7. The molecule has 5 nitrogen and oxygen atoms in total. The number of imidazole rings is 1. The molecule has 3 N–H and O–H groups in total. The number of carbonyl (C=O) groups excluding carboxylic acids is 1. The zero-order chi connectivity index (χ0) is 9.26. The van der Waals surface area contributed by atoms with Crippen LogP contribution in [0.15, 0.2) is 12.5 Å². The third-order valence-corrected chi connectivity index (χ3v) is 2.27. The fraction of sp³-hybridized carbons (Fsp3) is 0.500. The summed E-state index contributed by atoms with van der Waals surface area (Å²) in [5.74, 6) is 0.161. The molecule has 1 aliphatic heterocycles. The van der Waals surface area contributed by atoms with Crippen molar-refractivity contribution >= 4 is 5.91 Å². The largest absolute Gasteiger partial charge is 0.368 e. The van der Waals surface area contributed by atoms with Gasteiger partial charge < -0.3 is 15.6 Å². The molecule has 1 aromatic rings. The van der Waals surface area contributed by atoms with Gasteiger partial charge in [0, 0.05) is 30.9 Å². The second-order valence-corrected chi connectivity index (χ2v) is 3.27. The van der Waals surface area contributed by atoms with Crippen molar-refractivity contribution in [1.29, 1.82) is 0 Å². The van der Waals surface area contributed by atoms with Crippen LogP contribution < -0.4 is 11.1 Å². The summed E-state index contributed by atoms with van der Waals surface area (Å²) < 4.78 is 1.81. The third kappa shape index (κ3) is 1.55. The van der Waals surface area contributed by atoms with Crippen LogP contribution in [0.4, 0.5) is 0 Å². The SMILES string of the molecule is NC(=O)Cn1cncc1C1CNC1. The van der Waals surface area contributed by atoms with E-state index in [1.807, 2.05) is 4.57 Å². The van der Waals surface area contributed by atoms with Crippen molar-refractivity contribution in [1.82, 2.24) is 14.9 Å². The minimum atomic E-state index is -0.327. The quantitative estimate of drug-likeness (QED) is 0.630. The monoisotopic (exact) mass is 180 g/mol. The van der Waals surface area contributed by atoms with Gasteiger partial charge in [-0.15, -0.1) is 0 Å². The van der Waals surface area contributed by atoms with Crippen molar-refractivity contribution in [3.05, 3.63) is 18.2 Å². The third-order valence-electron chi connectivity index (χ3n) is 2.27. The average Bonchev–Trinajstić information content (AvgIpc) is 2.32. The number of amides is 1. The lowest BCUT2D eigenvalue weighted by Crippen LogP contribution is -2.41. The van der Waals surface area contributed by atoms with Crippen LogP contribution in [0.2, 0.25) is 0 Å². The van der Waals surface area contributed by atoms with Crippen molar-refractivity contribution in [3.63, 3.8) is 0 Å². The van der Waals surface area contributed by atoms with Gasteiger partial charge in [-0.25, -0.2) is 4.98 Å². The number of hydrogen-bond acceptors (Lipinski definition) is 3. The van der Waals surface area contributed by atoms with Crippen LogP contribution in [0.1, 0.15) is 11.6 Å². The van der Waals surface area contributed by atoms with Crippen LogP contribution >= 0.6 is 0 Å². The Kier molecular flexibility index (Phi) is 2.02. The van der Waals surface area contributed by atoms with E-state index in [2.05, 4.69) is 10.3 Å². The molecule has 1 saturated heterocycles. The summed E-state index contributed by atoms with van der Waals surface area (Å²) in [5, 5.41) is 3.17. The second kappa shape index (κ2) is 3.18. The van der Waals surface area contributed by atoms with Gasteiger partial charge in [0.2, 0.25) is 5.91 Å². The van der Waals surface area contributed by atoms with E-state index in [4.69, 9.17) is 5.73 Å². The highest BCUT2D eigenvalue weighted by Gasteiger charge is 2.22. The lowest BCUT2D eigenvalue weighted by Gasteiger charge is -2.27. The molecule has 2 heterocycles. The van der Waals surface area contributed by atoms with Crippen molar-refractivity contribution < 1.29 is 4.79 Å². The number of primary amides is 1. The fourth-order valence-electron chi connectivity index (χ4n) is 1.47. The summed E-state index contributed by atoms with van der Waals surface area (Å²) in [5.41, 5.74) is 6.20. The van der Waals surface area contributed by atoms with E-state index in [1.165, 1.54) is 0 Å². The molecule has 0 spiro atoms. The molecule has 1 amide bonds. The summed E-state index contributed by atoms with van der Waals surface area (Å²) in [4.78, 5) is 14.7. The topological polar surface area (TPSA) is 72.9 Å². The number of aromatic nitrogens is 2. The normalized spacial score (nSPS) is 16.9. The molecule has 5 heteroatoms. The maximum atomic E-state index is 10.7. The molecule has 0 radical (unpaired) electrons. The van der Waals surface area contributed by atoms with E-state index in [1.54, 1.807) is 12.5 Å². The van der Waals surface area contributed by atoms with E-state index in [0.717, 1.165) is 18.8 Å². The van der Waals surface area contributed by atoms with E-state index < -0.39 is 0 Å². The van der Waals surface area contributed by atoms with Gasteiger partial charge in [-0.05, 0) is 0 Å². The highest BCUT2D eigenvalue weighted by atomic mass is 16.1. The molecule has 0 saturated carbocycles.